The van der Waals surface area contributed by atoms with E-state index in [4.69, 9.17) is 4.74 Å². The summed E-state index contributed by atoms with van der Waals surface area (Å²) in [6.45, 7) is 6.26. The number of hydrogen-bond donors (Lipinski definition) is 1. The number of urea groups is 1. The van der Waals surface area contributed by atoms with Crippen LogP contribution in [0.2, 0.25) is 0 Å². The van der Waals surface area contributed by atoms with E-state index in [0.29, 0.717) is 6.54 Å². The fraction of sp³-hybridized carbons (Fsp3) is 0.550. The molecule has 0 saturated carbocycles. The number of ether oxygens (including phenoxy) is 1. The number of carbonyl (C=O) groups excluding carboxylic acids is 3. The van der Waals surface area contributed by atoms with Crippen LogP contribution >= 0.6 is 0 Å². The van der Waals surface area contributed by atoms with E-state index < -0.39 is 11.7 Å². The highest BCUT2D eigenvalue weighted by Crippen LogP contribution is 2.28. The van der Waals surface area contributed by atoms with Gasteiger partial charge in [-0.1, -0.05) is 30.3 Å². The van der Waals surface area contributed by atoms with Crippen LogP contribution in [0, 0.1) is 0 Å². The molecule has 0 radical (unpaired) electrons. The van der Waals surface area contributed by atoms with Crippen LogP contribution in [0.25, 0.3) is 0 Å². The highest BCUT2D eigenvalue weighted by Gasteiger charge is 2.44. The van der Waals surface area contributed by atoms with Gasteiger partial charge in [-0.05, 0) is 39.2 Å². The highest BCUT2D eigenvalue weighted by molar-refractivity contribution is 5.97. The Hall–Kier alpha value is -2.57. The predicted octanol–water partition coefficient (Wildman–Crippen LogP) is 2.90. The lowest BCUT2D eigenvalue weighted by atomic mass is 9.91. The molecule has 7 heteroatoms. The van der Waals surface area contributed by atoms with Crippen molar-refractivity contribution < 1.29 is 19.1 Å². The van der Waals surface area contributed by atoms with Gasteiger partial charge in [0.25, 0.3) is 0 Å². The Kier molecular flexibility index (Phi) is 5.39. The zero-order valence-corrected chi connectivity index (χ0v) is 16.1. The van der Waals surface area contributed by atoms with Gasteiger partial charge in [-0.3, -0.25) is 9.69 Å². The third-order valence-corrected chi connectivity index (χ3v) is 4.83. The van der Waals surface area contributed by atoms with Crippen molar-refractivity contribution in [3.8, 4) is 0 Å². The molecule has 0 bridgehead atoms. The van der Waals surface area contributed by atoms with Crippen molar-refractivity contribution in [2.75, 3.05) is 6.54 Å². The molecule has 0 unspecified atom stereocenters. The lowest BCUT2D eigenvalue weighted by molar-refractivity contribution is -0.134. The summed E-state index contributed by atoms with van der Waals surface area (Å²) in [6, 6.07) is 8.59. The fourth-order valence-electron chi connectivity index (χ4n) is 3.65. The molecule has 2 saturated heterocycles. The molecule has 0 aliphatic carbocycles. The maximum Gasteiger partial charge on any atom is 0.407 e. The molecule has 2 atom stereocenters. The third-order valence-electron chi connectivity index (χ3n) is 4.83. The number of nitrogens with one attached hydrogen (secondary N) is 1. The zero-order chi connectivity index (χ0) is 19.6. The van der Waals surface area contributed by atoms with Crippen LogP contribution in [0.5, 0.6) is 0 Å². The van der Waals surface area contributed by atoms with Gasteiger partial charge in [-0.25, -0.2) is 9.59 Å². The topological polar surface area (TPSA) is 79.0 Å². The molecule has 2 aliphatic rings. The number of piperidine rings is 1. The Bertz CT molecular complexity index is 714. The fourth-order valence-corrected chi connectivity index (χ4v) is 3.65. The summed E-state index contributed by atoms with van der Waals surface area (Å²) >= 11 is 0. The molecular formula is C20H27N3O4. The van der Waals surface area contributed by atoms with Crippen LogP contribution in [-0.4, -0.2) is 52.1 Å². The maximum atomic E-state index is 12.9. The van der Waals surface area contributed by atoms with Gasteiger partial charge < -0.3 is 15.0 Å². The SMILES string of the molecule is CC(C)(C)OC(=O)N[C@@H]1CCCN2C(=O)N(Cc3ccccc3)C(=O)C[C@@H]12. The molecular weight excluding hydrogens is 346 g/mol. The van der Waals surface area contributed by atoms with Crippen LogP contribution in [-0.2, 0) is 16.1 Å². The average molecular weight is 373 g/mol. The monoisotopic (exact) mass is 373 g/mol. The first-order valence-electron chi connectivity index (χ1n) is 9.39. The van der Waals surface area contributed by atoms with Crippen molar-refractivity contribution in [1.82, 2.24) is 15.1 Å². The molecule has 0 aromatic heterocycles. The first-order valence-corrected chi connectivity index (χ1v) is 9.39. The summed E-state index contributed by atoms with van der Waals surface area (Å²) < 4.78 is 5.33. The van der Waals surface area contributed by atoms with E-state index in [-0.39, 0.29) is 37.0 Å². The molecule has 1 aromatic carbocycles. The van der Waals surface area contributed by atoms with Crippen LogP contribution in [0.4, 0.5) is 9.59 Å². The maximum absolute atomic E-state index is 12.9. The Morgan fingerprint density at radius 1 is 1.22 bits per heavy atom. The number of fused-ring (bicyclic) bond motifs is 1. The van der Waals surface area contributed by atoms with Crippen molar-refractivity contribution >= 4 is 18.0 Å². The molecule has 3 rings (SSSR count). The van der Waals surface area contributed by atoms with Crippen LogP contribution in [0.1, 0.15) is 45.6 Å². The van der Waals surface area contributed by atoms with Crippen molar-refractivity contribution in [1.29, 1.82) is 0 Å². The van der Waals surface area contributed by atoms with Crippen molar-refractivity contribution in [2.24, 2.45) is 0 Å². The quantitative estimate of drug-likeness (QED) is 0.884. The van der Waals surface area contributed by atoms with Gasteiger partial charge in [0, 0.05) is 13.0 Å². The smallest absolute Gasteiger partial charge is 0.407 e. The van der Waals surface area contributed by atoms with E-state index in [1.807, 2.05) is 30.3 Å². The number of rotatable bonds is 3. The van der Waals surface area contributed by atoms with E-state index in [2.05, 4.69) is 5.32 Å². The average Bonchev–Trinajstić information content (AvgIpc) is 2.58. The van der Waals surface area contributed by atoms with Gasteiger partial charge in [-0.2, -0.15) is 0 Å². The van der Waals surface area contributed by atoms with Gasteiger partial charge in [0.05, 0.1) is 18.6 Å². The second kappa shape index (κ2) is 7.58. The van der Waals surface area contributed by atoms with Crippen molar-refractivity contribution in [3.05, 3.63) is 35.9 Å². The Labute approximate surface area is 159 Å². The van der Waals surface area contributed by atoms with Crippen LogP contribution in [0.3, 0.4) is 0 Å². The summed E-state index contributed by atoms with van der Waals surface area (Å²) in [6.07, 6.45) is 1.19. The third kappa shape index (κ3) is 4.59. The van der Waals surface area contributed by atoms with E-state index in [1.165, 1.54) is 4.90 Å². The summed E-state index contributed by atoms with van der Waals surface area (Å²) in [5, 5.41) is 2.85. The molecule has 2 heterocycles. The van der Waals surface area contributed by atoms with Gasteiger partial charge >= 0.3 is 12.1 Å². The number of nitrogens with zero attached hydrogens (tertiary/aromatic N) is 2. The molecule has 146 valence electrons. The summed E-state index contributed by atoms with van der Waals surface area (Å²) in [7, 11) is 0. The minimum Gasteiger partial charge on any atom is -0.444 e. The summed E-state index contributed by atoms with van der Waals surface area (Å²) in [5.41, 5.74) is 0.321. The Morgan fingerprint density at radius 3 is 2.59 bits per heavy atom. The van der Waals surface area contributed by atoms with Gasteiger partial charge in [0.2, 0.25) is 5.91 Å². The minimum absolute atomic E-state index is 0.206. The number of carbonyl (C=O) groups is 3. The molecule has 2 fully saturated rings. The number of hydrogen-bond acceptors (Lipinski definition) is 4. The lowest BCUT2D eigenvalue weighted by Crippen LogP contribution is -2.65. The summed E-state index contributed by atoms with van der Waals surface area (Å²) in [5.74, 6) is -0.206. The predicted molar refractivity (Wildman–Crippen MR) is 99.9 cm³/mol. The van der Waals surface area contributed by atoms with E-state index in [9.17, 15) is 14.4 Å². The summed E-state index contributed by atoms with van der Waals surface area (Å²) in [4.78, 5) is 40.7. The minimum atomic E-state index is -0.594. The van der Waals surface area contributed by atoms with Crippen LogP contribution in [0.15, 0.2) is 30.3 Å². The Morgan fingerprint density at radius 2 is 1.93 bits per heavy atom. The Balaban J connectivity index is 1.69. The zero-order valence-electron chi connectivity index (χ0n) is 16.1. The molecule has 27 heavy (non-hydrogen) atoms. The molecule has 7 nitrogen and oxygen atoms in total. The number of amides is 4. The first kappa shape index (κ1) is 19.2. The van der Waals surface area contributed by atoms with E-state index >= 15 is 0 Å². The first-order chi connectivity index (χ1) is 12.7. The molecule has 2 aliphatic heterocycles. The van der Waals surface area contributed by atoms with Crippen LogP contribution < -0.4 is 5.32 Å². The van der Waals surface area contributed by atoms with Gasteiger partial charge in [-0.15, -0.1) is 0 Å². The van der Waals surface area contributed by atoms with E-state index in [0.717, 1.165) is 18.4 Å². The lowest BCUT2D eigenvalue weighted by Gasteiger charge is -2.46. The van der Waals surface area contributed by atoms with Crippen molar-refractivity contribution in [2.45, 2.75) is 64.3 Å². The highest BCUT2D eigenvalue weighted by atomic mass is 16.6. The standard InChI is InChI=1S/C20H27N3O4/c1-20(2,3)27-18(25)21-15-10-7-11-22-16(15)12-17(24)23(19(22)26)13-14-8-5-4-6-9-14/h4-6,8-9,15-16H,7,10-13H2,1-3H3,(H,21,25)/t15-,16+/m1/s1. The number of benzene rings is 1. The molecule has 4 amide bonds. The largest absolute Gasteiger partial charge is 0.444 e. The van der Waals surface area contributed by atoms with Gasteiger partial charge in [0.15, 0.2) is 0 Å². The normalized spacial score (nSPS) is 23.1. The number of imide groups is 1. The molecule has 1 N–H and O–H groups in total. The second-order valence-electron chi connectivity index (χ2n) is 8.11. The van der Waals surface area contributed by atoms with Gasteiger partial charge in [0.1, 0.15) is 5.60 Å². The van der Waals surface area contributed by atoms with Crippen molar-refractivity contribution in [3.63, 3.8) is 0 Å². The number of alkyl carbamates (subject to hydrolysis) is 1. The van der Waals surface area contributed by atoms with E-state index in [1.54, 1.807) is 25.7 Å². The second-order valence-corrected chi connectivity index (χ2v) is 8.11. The molecule has 1 aromatic rings. The molecule has 0 spiro atoms.